The number of methoxy groups -OCH3 is 3. The van der Waals surface area contributed by atoms with Crippen LogP contribution in [0.15, 0.2) is 12.1 Å². The first-order valence-corrected chi connectivity index (χ1v) is 7.42. The van der Waals surface area contributed by atoms with Crippen molar-refractivity contribution in [3.05, 3.63) is 17.7 Å². The van der Waals surface area contributed by atoms with Gasteiger partial charge in [-0.2, -0.15) is 0 Å². The quantitative estimate of drug-likeness (QED) is 0.861. The lowest BCUT2D eigenvalue weighted by Crippen LogP contribution is -2.50. The molecule has 1 amide bonds. The van der Waals surface area contributed by atoms with Crippen LogP contribution in [-0.2, 0) is 0 Å². The molecule has 1 aromatic carbocycles. The second-order valence-electron chi connectivity index (χ2n) is 5.46. The second kappa shape index (κ2) is 7.35. The molecule has 1 saturated heterocycles. The van der Waals surface area contributed by atoms with E-state index in [2.05, 4.69) is 17.6 Å². The molecule has 6 nitrogen and oxygen atoms in total. The van der Waals surface area contributed by atoms with E-state index in [0.717, 1.165) is 19.5 Å². The summed E-state index contributed by atoms with van der Waals surface area (Å²) in [7, 11) is 4.62. The lowest BCUT2D eigenvalue weighted by molar-refractivity contribution is 0.0911. The Morgan fingerprint density at radius 1 is 1.14 bits per heavy atom. The van der Waals surface area contributed by atoms with Gasteiger partial charge in [-0.15, -0.1) is 0 Å². The number of amides is 1. The molecule has 0 saturated carbocycles. The van der Waals surface area contributed by atoms with Crippen molar-refractivity contribution in [3.63, 3.8) is 0 Å². The molecule has 0 radical (unpaired) electrons. The minimum atomic E-state index is -0.168. The molecule has 2 rings (SSSR count). The lowest BCUT2D eigenvalue weighted by atomic mass is 9.94. The van der Waals surface area contributed by atoms with Gasteiger partial charge in [0.05, 0.1) is 26.9 Å². The monoisotopic (exact) mass is 308 g/mol. The Balaban J connectivity index is 2.24. The SMILES string of the molecule is COc1cc(OC)c(C(=O)NC2CNCCC2C)cc1OC. The van der Waals surface area contributed by atoms with Crippen molar-refractivity contribution in [2.45, 2.75) is 19.4 Å². The van der Waals surface area contributed by atoms with Crippen molar-refractivity contribution < 1.29 is 19.0 Å². The van der Waals surface area contributed by atoms with E-state index in [4.69, 9.17) is 14.2 Å². The molecule has 22 heavy (non-hydrogen) atoms. The fraction of sp³-hybridized carbons (Fsp3) is 0.562. The highest BCUT2D eigenvalue weighted by Crippen LogP contribution is 2.34. The number of hydrogen-bond acceptors (Lipinski definition) is 5. The zero-order chi connectivity index (χ0) is 16.1. The van der Waals surface area contributed by atoms with E-state index in [1.54, 1.807) is 26.4 Å². The summed E-state index contributed by atoms with van der Waals surface area (Å²) in [5.41, 5.74) is 0.443. The zero-order valence-corrected chi connectivity index (χ0v) is 13.6. The van der Waals surface area contributed by atoms with Crippen LogP contribution in [0.4, 0.5) is 0 Å². The third-order valence-electron chi connectivity index (χ3n) is 4.09. The van der Waals surface area contributed by atoms with Crippen molar-refractivity contribution in [2.75, 3.05) is 34.4 Å². The molecule has 0 aromatic heterocycles. The lowest BCUT2D eigenvalue weighted by Gasteiger charge is -2.30. The van der Waals surface area contributed by atoms with E-state index in [1.165, 1.54) is 7.11 Å². The minimum Gasteiger partial charge on any atom is -0.496 e. The highest BCUT2D eigenvalue weighted by Gasteiger charge is 2.25. The standard InChI is InChI=1S/C16H24N2O4/c1-10-5-6-17-9-12(10)18-16(19)11-7-14(21-3)15(22-4)8-13(11)20-2/h7-8,10,12,17H,5-6,9H2,1-4H3,(H,18,19). The van der Waals surface area contributed by atoms with Gasteiger partial charge in [-0.05, 0) is 18.9 Å². The van der Waals surface area contributed by atoms with Crippen LogP contribution < -0.4 is 24.8 Å². The molecule has 2 unspecified atom stereocenters. The van der Waals surface area contributed by atoms with E-state index in [-0.39, 0.29) is 11.9 Å². The number of piperidine rings is 1. The van der Waals surface area contributed by atoms with E-state index in [9.17, 15) is 4.79 Å². The van der Waals surface area contributed by atoms with Gasteiger partial charge in [-0.3, -0.25) is 4.79 Å². The van der Waals surface area contributed by atoms with Crippen LogP contribution in [0.5, 0.6) is 17.2 Å². The third kappa shape index (κ3) is 3.44. The molecular formula is C16H24N2O4. The van der Waals surface area contributed by atoms with Crippen molar-refractivity contribution in [1.82, 2.24) is 10.6 Å². The van der Waals surface area contributed by atoms with Gasteiger partial charge in [-0.25, -0.2) is 0 Å². The smallest absolute Gasteiger partial charge is 0.255 e. The molecule has 1 heterocycles. The molecular weight excluding hydrogens is 284 g/mol. The summed E-state index contributed by atoms with van der Waals surface area (Å²) >= 11 is 0. The van der Waals surface area contributed by atoms with Crippen LogP contribution in [0.25, 0.3) is 0 Å². The number of nitrogens with one attached hydrogen (secondary N) is 2. The summed E-state index contributed by atoms with van der Waals surface area (Å²) in [6.07, 6.45) is 1.05. The van der Waals surface area contributed by atoms with Crippen LogP contribution >= 0.6 is 0 Å². The molecule has 1 aliphatic heterocycles. The molecule has 122 valence electrons. The fourth-order valence-electron chi connectivity index (χ4n) is 2.64. The Kier molecular flexibility index (Phi) is 5.49. The first-order chi connectivity index (χ1) is 10.6. The average molecular weight is 308 g/mol. The Bertz CT molecular complexity index is 533. The van der Waals surface area contributed by atoms with Gasteiger partial charge in [0, 0.05) is 24.7 Å². The van der Waals surface area contributed by atoms with Crippen LogP contribution in [0.2, 0.25) is 0 Å². The molecule has 1 aromatic rings. The van der Waals surface area contributed by atoms with Gasteiger partial charge in [0.2, 0.25) is 0 Å². The molecule has 2 N–H and O–H groups in total. The van der Waals surface area contributed by atoms with Crippen molar-refractivity contribution in [3.8, 4) is 17.2 Å². The summed E-state index contributed by atoms with van der Waals surface area (Å²) in [5.74, 6) is 1.77. The summed E-state index contributed by atoms with van der Waals surface area (Å²) in [6, 6.07) is 3.42. The van der Waals surface area contributed by atoms with Crippen LogP contribution in [-0.4, -0.2) is 46.4 Å². The fourth-order valence-corrected chi connectivity index (χ4v) is 2.64. The predicted octanol–water partition coefficient (Wildman–Crippen LogP) is 1.44. The molecule has 1 fully saturated rings. The molecule has 1 aliphatic rings. The Morgan fingerprint density at radius 3 is 2.36 bits per heavy atom. The van der Waals surface area contributed by atoms with E-state index < -0.39 is 0 Å². The maximum absolute atomic E-state index is 12.6. The van der Waals surface area contributed by atoms with Crippen LogP contribution in [0, 0.1) is 5.92 Å². The first-order valence-electron chi connectivity index (χ1n) is 7.42. The predicted molar refractivity (Wildman–Crippen MR) is 84.0 cm³/mol. The van der Waals surface area contributed by atoms with Crippen molar-refractivity contribution in [1.29, 1.82) is 0 Å². The topological polar surface area (TPSA) is 68.8 Å². The van der Waals surface area contributed by atoms with Gasteiger partial charge in [0.1, 0.15) is 5.75 Å². The number of benzene rings is 1. The van der Waals surface area contributed by atoms with Crippen LogP contribution in [0.3, 0.4) is 0 Å². The maximum Gasteiger partial charge on any atom is 0.255 e. The maximum atomic E-state index is 12.6. The summed E-state index contributed by atoms with van der Waals surface area (Å²) in [6.45, 7) is 3.92. The number of carbonyl (C=O) groups is 1. The summed E-state index contributed by atoms with van der Waals surface area (Å²) < 4.78 is 15.8. The van der Waals surface area contributed by atoms with Crippen molar-refractivity contribution in [2.24, 2.45) is 5.92 Å². The molecule has 0 spiro atoms. The van der Waals surface area contributed by atoms with Gasteiger partial charge in [0.25, 0.3) is 5.91 Å². The van der Waals surface area contributed by atoms with Crippen LogP contribution in [0.1, 0.15) is 23.7 Å². The van der Waals surface area contributed by atoms with E-state index in [1.807, 2.05) is 0 Å². The van der Waals surface area contributed by atoms with Crippen molar-refractivity contribution >= 4 is 5.91 Å². The highest BCUT2D eigenvalue weighted by atomic mass is 16.5. The first kappa shape index (κ1) is 16.4. The highest BCUT2D eigenvalue weighted by molar-refractivity contribution is 5.98. The van der Waals surface area contributed by atoms with Gasteiger partial charge < -0.3 is 24.8 Å². The Hall–Kier alpha value is -1.95. The zero-order valence-electron chi connectivity index (χ0n) is 13.6. The van der Waals surface area contributed by atoms with Gasteiger partial charge in [-0.1, -0.05) is 6.92 Å². The number of ether oxygens (including phenoxy) is 3. The average Bonchev–Trinajstić information content (AvgIpc) is 2.55. The molecule has 6 heteroatoms. The normalized spacial score (nSPS) is 21.1. The third-order valence-corrected chi connectivity index (χ3v) is 4.09. The number of hydrogen-bond donors (Lipinski definition) is 2. The minimum absolute atomic E-state index is 0.110. The van der Waals surface area contributed by atoms with Gasteiger partial charge in [0.15, 0.2) is 11.5 Å². The summed E-state index contributed by atoms with van der Waals surface area (Å²) in [4.78, 5) is 12.6. The Labute approximate surface area is 131 Å². The number of carbonyl (C=O) groups excluding carboxylic acids is 1. The largest absolute Gasteiger partial charge is 0.496 e. The van der Waals surface area contributed by atoms with Gasteiger partial charge >= 0.3 is 0 Å². The summed E-state index contributed by atoms with van der Waals surface area (Å²) in [5, 5.41) is 6.37. The second-order valence-corrected chi connectivity index (χ2v) is 5.46. The van der Waals surface area contributed by atoms with E-state index >= 15 is 0 Å². The Morgan fingerprint density at radius 2 is 1.77 bits per heavy atom. The molecule has 0 aliphatic carbocycles. The van der Waals surface area contributed by atoms with E-state index in [0.29, 0.717) is 28.7 Å². The number of rotatable bonds is 5. The molecule has 0 bridgehead atoms. The molecule has 2 atom stereocenters.